The van der Waals surface area contributed by atoms with Crippen molar-refractivity contribution in [2.24, 2.45) is 5.73 Å². The molecule has 0 saturated heterocycles. The van der Waals surface area contributed by atoms with Gasteiger partial charge < -0.3 is 20.7 Å². The van der Waals surface area contributed by atoms with Crippen molar-refractivity contribution in [3.05, 3.63) is 23.4 Å². The fourth-order valence-electron chi connectivity index (χ4n) is 1.04. The summed E-state index contributed by atoms with van der Waals surface area (Å²) in [6, 6.07) is 0. The molecule has 0 unspecified atom stereocenters. The molecular formula is C11H15F6N3O3. The lowest BCUT2D eigenvalue weighted by atomic mass is 10.3. The van der Waals surface area contributed by atoms with Gasteiger partial charge in [-0.3, -0.25) is 9.59 Å². The quantitative estimate of drug-likeness (QED) is 0.337. The van der Waals surface area contributed by atoms with E-state index >= 15 is 0 Å². The van der Waals surface area contributed by atoms with Gasteiger partial charge in [0.25, 0.3) is 0 Å². The fourth-order valence-corrected chi connectivity index (χ4v) is 1.04. The van der Waals surface area contributed by atoms with E-state index in [2.05, 4.69) is 0 Å². The molecule has 1 amide bonds. The van der Waals surface area contributed by atoms with Crippen molar-refractivity contribution >= 4 is 12.7 Å². The molecule has 0 atom stereocenters. The summed E-state index contributed by atoms with van der Waals surface area (Å²) in [5, 5.41) is 1.54. The van der Waals surface area contributed by atoms with Crippen LogP contribution >= 0.6 is 0 Å². The van der Waals surface area contributed by atoms with E-state index in [1.807, 2.05) is 0 Å². The van der Waals surface area contributed by atoms with Gasteiger partial charge in [0.1, 0.15) is 5.70 Å². The molecule has 0 aromatic rings. The van der Waals surface area contributed by atoms with Crippen molar-refractivity contribution in [1.82, 2.24) is 10.2 Å². The maximum absolute atomic E-state index is 12.4. The molecular weight excluding hydrogens is 336 g/mol. The number of allylic oxidation sites excluding steroid dienone is 2. The Hall–Kier alpha value is -2.40. The Morgan fingerprint density at radius 1 is 1.13 bits per heavy atom. The SMILES string of the molecule is CO/C(=C(N)\C=C(/NC=O)C(F)(F)F)N(C)C.O=CC(F)(F)F. The van der Waals surface area contributed by atoms with E-state index < -0.39 is 24.3 Å². The summed E-state index contributed by atoms with van der Waals surface area (Å²) in [5.41, 5.74) is 3.92. The van der Waals surface area contributed by atoms with Crippen molar-refractivity contribution in [2.45, 2.75) is 12.4 Å². The molecule has 0 aliphatic carbocycles. The molecule has 0 aromatic heterocycles. The summed E-state index contributed by atoms with van der Waals surface area (Å²) in [4.78, 5) is 20.2. The third-order valence-electron chi connectivity index (χ3n) is 1.80. The molecule has 0 spiro atoms. The van der Waals surface area contributed by atoms with Crippen LogP contribution in [0.1, 0.15) is 0 Å². The Bertz CT molecular complexity index is 455. The Morgan fingerprint density at radius 3 is 1.78 bits per heavy atom. The second kappa shape index (κ2) is 9.58. The van der Waals surface area contributed by atoms with Gasteiger partial charge in [-0.05, 0) is 6.08 Å². The summed E-state index contributed by atoms with van der Waals surface area (Å²) < 4.78 is 73.3. The average molecular weight is 351 g/mol. The van der Waals surface area contributed by atoms with E-state index in [1.54, 1.807) is 14.1 Å². The second-order valence-electron chi connectivity index (χ2n) is 3.84. The zero-order valence-electron chi connectivity index (χ0n) is 12.2. The van der Waals surface area contributed by atoms with Gasteiger partial charge in [-0.2, -0.15) is 26.3 Å². The van der Waals surface area contributed by atoms with Crippen molar-refractivity contribution < 1.29 is 40.7 Å². The summed E-state index contributed by atoms with van der Waals surface area (Å²) in [6.45, 7) is 0. The van der Waals surface area contributed by atoms with Gasteiger partial charge in [0.2, 0.25) is 18.6 Å². The van der Waals surface area contributed by atoms with Crippen LogP contribution in [0, 0.1) is 0 Å². The number of alkyl halides is 6. The lowest BCUT2D eigenvalue weighted by molar-refractivity contribution is -0.156. The molecule has 12 heteroatoms. The smallest absolute Gasteiger partial charge is 0.446 e. The van der Waals surface area contributed by atoms with E-state index in [0.29, 0.717) is 6.08 Å². The molecule has 23 heavy (non-hydrogen) atoms. The molecule has 0 aliphatic rings. The molecule has 134 valence electrons. The number of hydrogen-bond donors (Lipinski definition) is 2. The van der Waals surface area contributed by atoms with E-state index in [9.17, 15) is 31.1 Å². The topological polar surface area (TPSA) is 84.7 Å². The second-order valence-corrected chi connectivity index (χ2v) is 3.84. The summed E-state index contributed by atoms with van der Waals surface area (Å²) in [5.74, 6) is 0.0550. The van der Waals surface area contributed by atoms with Gasteiger partial charge in [0, 0.05) is 14.1 Å². The molecule has 0 aromatic carbocycles. The molecule has 0 saturated carbocycles. The predicted octanol–water partition coefficient (Wildman–Crippen LogP) is 1.26. The minimum Gasteiger partial charge on any atom is -0.481 e. The summed E-state index contributed by atoms with van der Waals surface area (Å²) >= 11 is 0. The number of nitrogens with zero attached hydrogens (tertiary/aromatic N) is 1. The van der Waals surface area contributed by atoms with Crippen LogP contribution in [0.5, 0.6) is 0 Å². The van der Waals surface area contributed by atoms with Crippen LogP contribution in [0.25, 0.3) is 0 Å². The Labute approximate surface area is 127 Å². The van der Waals surface area contributed by atoms with E-state index in [1.165, 1.54) is 17.3 Å². The van der Waals surface area contributed by atoms with E-state index in [0.717, 1.165) is 0 Å². The van der Waals surface area contributed by atoms with Gasteiger partial charge >= 0.3 is 12.4 Å². The van der Waals surface area contributed by atoms with Crippen LogP contribution in [-0.4, -0.2) is 51.2 Å². The fraction of sp³-hybridized carbons (Fsp3) is 0.455. The standard InChI is InChI=1S/C9H14F3N3O2.C2HF3O/c1-15(2)8(17-3)6(13)4-7(14-5-16)9(10,11)12;3-2(4,5)1-6/h4-5H,13H2,1-3H3,(H,14,16);1H/b7-4-,8-6+;. The molecule has 0 rings (SSSR count). The maximum Gasteiger partial charge on any atom is 0.446 e. The highest BCUT2D eigenvalue weighted by atomic mass is 19.4. The first-order chi connectivity index (χ1) is 10.3. The number of methoxy groups -OCH3 is 1. The molecule has 0 heterocycles. The van der Waals surface area contributed by atoms with E-state index in [-0.39, 0.29) is 18.0 Å². The number of amides is 1. The first kappa shape index (κ1) is 22.9. The number of hydrogen-bond acceptors (Lipinski definition) is 5. The highest BCUT2D eigenvalue weighted by molar-refractivity contribution is 5.56. The van der Waals surface area contributed by atoms with Crippen LogP contribution in [0.4, 0.5) is 26.3 Å². The number of aldehydes is 1. The number of carbonyl (C=O) groups excluding carboxylic acids is 2. The number of rotatable bonds is 5. The normalized spacial score (nSPS) is 13.2. The largest absolute Gasteiger partial charge is 0.481 e. The summed E-state index contributed by atoms with van der Waals surface area (Å²) in [7, 11) is 4.39. The van der Waals surface area contributed by atoms with Gasteiger partial charge in [0.15, 0.2) is 0 Å². The van der Waals surface area contributed by atoms with Gasteiger partial charge in [0.05, 0.1) is 12.8 Å². The number of ether oxygens (including phenoxy) is 1. The highest BCUT2D eigenvalue weighted by Crippen LogP contribution is 2.24. The average Bonchev–Trinajstić information content (AvgIpc) is 2.37. The minimum atomic E-state index is -4.70. The Kier molecular flexibility index (Phi) is 9.53. The van der Waals surface area contributed by atoms with E-state index in [4.69, 9.17) is 15.3 Å². The molecule has 0 aliphatic heterocycles. The first-order valence-electron chi connectivity index (χ1n) is 5.53. The third-order valence-corrected chi connectivity index (χ3v) is 1.80. The predicted molar refractivity (Wildman–Crippen MR) is 67.4 cm³/mol. The first-order valence-corrected chi connectivity index (χ1v) is 5.53. The molecule has 6 nitrogen and oxygen atoms in total. The Morgan fingerprint density at radius 2 is 1.57 bits per heavy atom. The maximum atomic E-state index is 12.4. The van der Waals surface area contributed by atoms with Crippen LogP contribution in [-0.2, 0) is 14.3 Å². The van der Waals surface area contributed by atoms with Crippen LogP contribution in [0.15, 0.2) is 23.4 Å². The van der Waals surface area contributed by atoms with Gasteiger partial charge in [-0.1, -0.05) is 0 Å². The molecule has 3 N–H and O–H groups in total. The summed E-state index contributed by atoms with van der Waals surface area (Å²) in [6.07, 6.45) is -9.88. The van der Waals surface area contributed by atoms with Crippen molar-refractivity contribution in [3.63, 3.8) is 0 Å². The highest BCUT2D eigenvalue weighted by Gasteiger charge is 2.34. The number of nitrogens with two attached hydrogens (primary N) is 1. The van der Waals surface area contributed by atoms with Crippen molar-refractivity contribution in [2.75, 3.05) is 21.2 Å². The van der Waals surface area contributed by atoms with Gasteiger partial charge in [-0.15, -0.1) is 0 Å². The monoisotopic (exact) mass is 351 g/mol. The number of carbonyl (C=O) groups is 2. The van der Waals surface area contributed by atoms with Crippen molar-refractivity contribution in [3.8, 4) is 0 Å². The lowest BCUT2D eigenvalue weighted by Gasteiger charge is -2.17. The zero-order valence-corrected chi connectivity index (χ0v) is 12.2. The van der Waals surface area contributed by atoms with Gasteiger partial charge in [-0.25, -0.2) is 0 Å². The zero-order chi connectivity index (χ0) is 18.8. The third kappa shape index (κ3) is 10.9. The minimum absolute atomic E-state index is 0.0550. The Balaban J connectivity index is 0. The molecule has 0 radical (unpaired) electrons. The van der Waals surface area contributed by atoms with Crippen LogP contribution in [0.2, 0.25) is 0 Å². The molecule has 0 bridgehead atoms. The van der Waals surface area contributed by atoms with Crippen LogP contribution in [0.3, 0.4) is 0 Å². The number of halogens is 6. The lowest BCUT2D eigenvalue weighted by Crippen LogP contribution is -2.27. The molecule has 0 fully saturated rings. The number of nitrogens with one attached hydrogen (secondary N) is 1. The van der Waals surface area contributed by atoms with Crippen molar-refractivity contribution in [1.29, 1.82) is 0 Å². The van der Waals surface area contributed by atoms with Crippen LogP contribution < -0.4 is 11.1 Å².